The molecule has 2 amide bonds. The van der Waals surface area contributed by atoms with Gasteiger partial charge in [0.25, 0.3) is 11.8 Å². The van der Waals surface area contributed by atoms with Crippen LogP contribution >= 0.6 is 0 Å². The maximum atomic E-state index is 13.6. The van der Waals surface area contributed by atoms with Gasteiger partial charge in [-0.2, -0.15) is 5.26 Å². The topological polar surface area (TPSA) is 120 Å². The Hall–Kier alpha value is -4.29. The van der Waals surface area contributed by atoms with Crippen LogP contribution < -0.4 is 4.74 Å². The van der Waals surface area contributed by atoms with Crippen LogP contribution in [0.1, 0.15) is 40.3 Å². The number of carbonyl (C=O) groups excluding carboxylic acids is 2. The normalized spacial score (nSPS) is 18.0. The molecule has 0 unspecified atom stereocenters. The van der Waals surface area contributed by atoms with E-state index in [2.05, 4.69) is 16.0 Å². The molecular formula is C28H29N5O4. The lowest BCUT2D eigenvalue weighted by Gasteiger charge is -2.37. The molecule has 3 atom stereocenters. The summed E-state index contributed by atoms with van der Waals surface area (Å²) in [6.45, 7) is 4.10. The Kier molecular flexibility index (Phi) is 7.80. The van der Waals surface area contributed by atoms with Gasteiger partial charge in [0.2, 0.25) is 5.88 Å². The number of likely N-dealkylation sites (N-methyl/N-ethyl adjacent to an activating group) is 1. The van der Waals surface area contributed by atoms with Crippen LogP contribution in [0.25, 0.3) is 11.1 Å². The van der Waals surface area contributed by atoms with Gasteiger partial charge in [0.15, 0.2) is 0 Å². The maximum absolute atomic E-state index is 13.6. The van der Waals surface area contributed by atoms with E-state index in [1.54, 1.807) is 78.6 Å². The van der Waals surface area contributed by atoms with Gasteiger partial charge in [-0.1, -0.05) is 25.1 Å². The molecule has 2 aromatic heterocycles. The van der Waals surface area contributed by atoms with Crippen molar-refractivity contribution in [3.63, 3.8) is 0 Å². The van der Waals surface area contributed by atoms with E-state index in [4.69, 9.17) is 4.74 Å². The van der Waals surface area contributed by atoms with E-state index in [1.165, 1.54) is 0 Å². The zero-order chi connectivity index (χ0) is 26.5. The molecule has 1 aromatic carbocycles. The van der Waals surface area contributed by atoms with Crippen LogP contribution in [0.15, 0.2) is 60.9 Å². The van der Waals surface area contributed by atoms with Gasteiger partial charge in [-0.15, -0.1) is 0 Å². The lowest BCUT2D eigenvalue weighted by Crippen LogP contribution is -2.50. The molecular weight excluding hydrogens is 470 g/mol. The summed E-state index contributed by atoms with van der Waals surface area (Å²) in [5.74, 6) is -0.545. The van der Waals surface area contributed by atoms with Gasteiger partial charge in [-0.05, 0) is 42.8 Å². The minimum absolute atomic E-state index is 0.163. The molecule has 0 bridgehead atoms. The van der Waals surface area contributed by atoms with Crippen LogP contribution in [0.2, 0.25) is 0 Å². The number of amides is 2. The molecule has 37 heavy (non-hydrogen) atoms. The summed E-state index contributed by atoms with van der Waals surface area (Å²) in [6, 6.07) is 15.6. The van der Waals surface area contributed by atoms with Gasteiger partial charge in [-0.3, -0.25) is 14.6 Å². The molecule has 0 spiro atoms. The molecule has 1 N–H and O–H groups in total. The molecule has 3 heterocycles. The van der Waals surface area contributed by atoms with Gasteiger partial charge in [-0.25, -0.2) is 4.98 Å². The zero-order valence-corrected chi connectivity index (χ0v) is 21.0. The first-order valence-corrected chi connectivity index (χ1v) is 12.1. The van der Waals surface area contributed by atoms with Crippen molar-refractivity contribution in [3.8, 4) is 23.1 Å². The third kappa shape index (κ3) is 5.60. The van der Waals surface area contributed by atoms with E-state index >= 15 is 0 Å². The maximum Gasteiger partial charge on any atom is 0.272 e. The molecule has 3 aromatic rings. The number of nitrogens with zero attached hydrogens (tertiary/aromatic N) is 5. The first-order valence-electron chi connectivity index (χ1n) is 12.1. The highest BCUT2D eigenvalue weighted by Gasteiger charge is 2.35. The van der Waals surface area contributed by atoms with Crippen molar-refractivity contribution in [3.05, 3.63) is 77.7 Å². The minimum Gasteiger partial charge on any atom is -0.472 e. The quantitative estimate of drug-likeness (QED) is 0.554. The van der Waals surface area contributed by atoms with Crippen molar-refractivity contribution in [2.24, 2.45) is 5.92 Å². The second kappa shape index (κ2) is 11.2. The number of rotatable bonds is 6. The molecule has 9 nitrogen and oxygen atoms in total. The van der Waals surface area contributed by atoms with E-state index < -0.39 is 12.1 Å². The number of hydrogen-bond acceptors (Lipinski definition) is 7. The van der Waals surface area contributed by atoms with Gasteiger partial charge in [0, 0.05) is 37.5 Å². The van der Waals surface area contributed by atoms with E-state index in [-0.39, 0.29) is 42.3 Å². The molecule has 0 saturated heterocycles. The number of aromatic nitrogens is 2. The molecule has 0 aliphatic carbocycles. The highest BCUT2D eigenvalue weighted by molar-refractivity contribution is 5.98. The second-order valence-electron chi connectivity index (χ2n) is 9.29. The van der Waals surface area contributed by atoms with Crippen molar-refractivity contribution in [1.29, 1.82) is 5.26 Å². The Labute approximate surface area is 216 Å². The Morgan fingerprint density at radius 2 is 2.05 bits per heavy atom. The van der Waals surface area contributed by atoms with Crippen LogP contribution in [-0.2, 0) is 0 Å². The predicted octanol–water partition coefficient (Wildman–Crippen LogP) is 3.01. The van der Waals surface area contributed by atoms with E-state index in [0.717, 1.165) is 5.56 Å². The third-order valence-corrected chi connectivity index (χ3v) is 6.53. The fourth-order valence-corrected chi connectivity index (χ4v) is 4.28. The van der Waals surface area contributed by atoms with Crippen LogP contribution in [0.3, 0.4) is 0 Å². The summed E-state index contributed by atoms with van der Waals surface area (Å²) >= 11 is 0. The summed E-state index contributed by atoms with van der Waals surface area (Å²) in [7, 11) is 1.69. The van der Waals surface area contributed by atoms with Gasteiger partial charge in [0.1, 0.15) is 17.4 Å². The van der Waals surface area contributed by atoms with Crippen LogP contribution in [0.5, 0.6) is 5.88 Å². The predicted molar refractivity (Wildman–Crippen MR) is 137 cm³/mol. The highest BCUT2D eigenvalue weighted by atomic mass is 16.5. The molecule has 0 saturated carbocycles. The number of hydrogen-bond donors (Lipinski definition) is 1. The number of aliphatic hydroxyl groups excluding tert-OH is 1. The van der Waals surface area contributed by atoms with Crippen molar-refractivity contribution < 1.29 is 19.4 Å². The van der Waals surface area contributed by atoms with Gasteiger partial charge in [0.05, 0.1) is 30.8 Å². The molecule has 4 rings (SSSR count). The van der Waals surface area contributed by atoms with Gasteiger partial charge < -0.3 is 19.6 Å². The first kappa shape index (κ1) is 25.8. The zero-order valence-electron chi connectivity index (χ0n) is 21.0. The van der Waals surface area contributed by atoms with E-state index in [0.29, 0.717) is 23.4 Å². The third-order valence-electron chi connectivity index (χ3n) is 6.53. The Bertz CT molecular complexity index is 1320. The largest absolute Gasteiger partial charge is 0.472 e. The van der Waals surface area contributed by atoms with Crippen LogP contribution in [-0.4, -0.2) is 75.6 Å². The second-order valence-corrected chi connectivity index (χ2v) is 9.29. The summed E-state index contributed by atoms with van der Waals surface area (Å²) < 4.78 is 6.29. The summed E-state index contributed by atoms with van der Waals surface area (Å²) in [5.41, 5.74) is 2.50. The lowest BCUT2D eigenvalue weighted by atomic mass is 9.98. The highest BCUT2D eigenvalue weighted by Crippen LogP contribution is 2.30. The Balaban J connectivity index is 1.70. The number of pyridine rings is 2. The van der Waals surface area contributed by atoms with Crippen LogP contribution in [0.4, 0.5) is 0 Å². The summed E-state index contributed by atoms with van der Waals surface area (Å²) in [5, 5.41) is 19.1. The standard InChI is InChI=1S/C28H29N5O4/c1-18-15-33(19(2)17-34)27(35)23-12-22(21-8-6-7-20(11-21)13-29)14-31-26(23)37-25(18)16-32(3)28(36)24-9-4-5-10-30-24/h4-12,14,18-19,25,34H,15-17H2,1-3H3/t18-,19+,25-/m0/s1. The summed E-state index contributed by atoms with van der Waals surface area (Å²) in [6.07, 6.45) is 2.70. The molecule has 1 aliphatic heterocycles. The van der Waals surface area contributed by atoms with Gasteiger partial charge >= 0.3 is 0 Å². The number of ether oxygens (including phenoxy) is 1. The smallest absolute Gasteiger partial charge is 0.272 e. The average Bonchev–Trinajstić information content (AvgIpc) is 2.94. The number of carbonyl (C=O) groups is 2. The Morgan fingerprint density at radius 1 is 1.24 bits per heavy atom. The number of aliphatic hydroxyl groups is 1. The minimum atomic E-state index is -0.474. The summed E-state index contributed by atoms with van der Waals surface area (Å²) in [4.78, 5) is 38.4. The Morgan fingerprint density at radius 3 is 2.76 bits per heavy atom. The average molecular weight is 500 g/mol. The number of nitriles is 1. The molecule has 190 valence electrons. The monoisotopic (exact) mass is 499 g/mol. The van der Waals surface area contributed by atoms with Crippen molar-refractivity contribution in [2.45, 2.75) is 26.0 Å². The lowest BCUT2D eigenvalue weighted by molar-refractivity contribution is 0.0312. The molecule has 9 heteroatoms. The number of benzene rings is 1. The SMILES string of the molecule is C[C@H](CO)N1C[C@H](C)[C@H](CN(C)C(=O)c2ccccn2)Oc2ncc(-c3cccc(C#N)c3)cc2C1=O. The molecule has 0 radical (unpaired) electrons. The van der Waals surface area contributed by atoms with Crippen molar-refractivity contribution >= 4 is 11.8 Å². The van der Waals surface area contributed by atoms with E-state index in [9.17, 15) is 20.0 Å². The van der Waals surface area contributed by atoms with Crippen molar-refractivity contribution in [2.75, 3.05) is 26.7 Å². The molecule has 0 fully saturated rings. The number of fused-ring (bicyclic) bond motifs is 1. The van der Waals surface area contributed by atoms with Crippen molar-refractivity contribution in [1.82, 2.24) is 19.8 Å². The van der Waals surface area contributed by atoms with Crippen LogP contribution in [0, 0.1) is 17.2 Å². The molecule has 1 aliphatic rings. The van der Waals surface area contributed by atoms with E-state index in [1.807, 2.05) is 13.0 Å². The fourth-order valence-electron chi connectivity index (χ4n) is 4.28. The fraction of sp³-hybridized carbons (Fsp3) is 0.321. The first-order chi connectivity index (χ1) is 17.8.